The van der Waals surface area contributed by atoms with Gasteiger partial charge in [-0.2, -0.15) is 0 Å². The average Bonchev–Trinajstić information content (AvgIpc) is 4.35. The van der Waals surface area contributed by atoms with Crippen LogP contribution in [0.1, 0.15) is 110 Å². The first-order chi connectivity index (χ1) is 36.5. The highest BCUT2D eigenvalue weighted by molar-refractivity contribution is 5.89. The highest BCUT2D eigenvalue weighted by Gasteiger charge is 2.56. The molecular formula is C71H58N4. The minimum atomic E-state index is -0.143. The average molecular weight is 967 g/mol. The van der Waals surface area contributed by atoms with Gasteiger partial charge in [0.25, 0.3) is 0 Å². The molecule has 9 aromatic carbocycles. The lowest BCUT2D eigenvalue weighted by atomic mass is 9.74. The summed E-state index contributed by atoms with van der Waals surface area (Å²) in [6.45, 7) is 14.6. The Labute approximate surface area is 441 Å². The van der Waals surface area contributed by atoms with Gasteiger partial charge in [-0.1, -0.05) is 205 Å². The summed E-state index contributed by atoms with van der Waals surface area (Å²) in [5.41, 5.74) is 26.2. The van der Waals surface area contributed by atoms with E-state index in [-0.39, 0.29) is 34.2 Å². The third kappa shape index (κ3) is 6.29. The summed E-state index contributed by atoms with van der Waals surface area (Å²) in [5.74, 6) is 1.22. The highest BCUT2D eigenvalue weighted by atomic mass is 15.3. The summed E-state index contributed by atoms with van der Waals surface area (Å²) < 4.78 is 0. The Bertz CT molecular complexity index is 3910. The molecule has 10 aromatic rings. The van der Waals surface area contributed by atoms with Gasteiger partial charge >= 0.3 is 0 Å². The van der Waals surface area contributed by atoms with E-state index in [2.05, 4.69) is 270 Å². The van der Waals surface area contributed by atoms with Crippen LogP contribution >= 0.6 is 0 Å². The van der Waals surface area contributed by atoms with Gasteiger partial charge < -0.3 is 9.80 Å². The zero-order chi connectivity index (χ0) is 50.5. The standard InChI is InChI=1S/C71H58N4/c1-69(2)58-34-30-45(47-32-36-62-54(40-47)64-66(74(62)49-24-14-9-15-25-49)50-26-16-18-28-56(50)70(64,3)4)38-52(58)53-39-46(31-35-59(53)69)48-33-37-63-55(41-48)65-67(51-27-17-19-29-57(51)71(65,5)6)75(63)68-72-60(43-20-10-7-11-21-43)42-61(73-68)44-22-12-8-13-23-44/h7-42,64-67H,1-6H3. The Morgan fingerprint density at radius 1 is 0.333 bits per heavy atom. The summed E-state index contributed by atoms with van der Waals surface area (Å²) >= 11 is 0. The third-order valence-corrected chi connectivity index (χ3v) is 18.4. The largest absolute Gasteiger partial charge is 0.333 e. The molecule has 362 valence electrons. The molecule has 75 heavy (non-hydrogen) atoms. The minimum Gasteiger partial charge on any atom is -0.333 e. The first kappa shape index (κ1) is 44.2. The molecule has 4 heteroatoms. The van der Waals surface area contributed by atoms with E-state index in [9.17, 15) is 0 Å². The number of aromatic nitrogens is 2. The zero-order valence-corrected chi connectivity index (χ0v) is 43.4. The van der Waals surface area contributed by atoms with Crippen molar-refractivity contribution in [2.45, 2.75) is 81.7 Å². The SMILES string of the molecule is CC1(C)c2ccc(-c3ccc4c(c3)C3C(c5ccccc5C3(C)C)N4c3ccccc3)cc2-c2cc(-c3ccc4c(c3)C3C(c5ccccc5C3(C)C)N4c3nc(-c4ccccc4)cc(-c4ccccc4)n3)ccc21. The molecule has 4 atom stereocenters. The Balaban J connectivity index is 0.841. The fourth-order valence-electron chi connectivity index (χ4n) is 14.9. The van der Waals surface area contributed by atoms with Crippen LogP contribution < -0.4 is 9.80 Å². The van der Waals surface area contributed by atoms with Gasteiger partial charge in [-0.05, 0) is 143 Å². The lowest BCUT2D eigenvalue weighted by Crippen LogP contribution is -2.26. The van der Waals surface area contributed by atoms with E-state index in [4.69, 9.17) is 9.97 Å². The second-order valence-electron chi connectivity index (χ2n) is 23.4. The molecule has 3 heterocycles. The van der Waals surface area contributed by atoms with Crippen LogP contribution in [0.5, 0.6) is 0 Å². The van der Waals surface area contributed by atoms with E-state index in [0.717, 1.165) is 28.5 Å². The number of hydrogen-bond acceptors (Lipinski definition) is 4. The van der Waals surface area contributed by atoms with E-state index in [1.54, 1.807) is 0 Å². The monoisotopic (exact) mass is 966 g/mol. The van der Waals surface area contributed by atoms with Crippen LogP contribution in [0.4, 0.5) is 23.0 Å². The van der Waals surface area contributed by atoms with Crippen molar-refractivity contribution in [3.8, 4) is 55.9 Å². The topological polar surface area (TPSA) is 32.3 Å². The van der Waals surface area contributed by atoms with E-state index in [0.29, 0.717) is 5.92 Å². The molecule has 0 N–H and O–H groups in total. The maximum atomic E-state index is 5.45. The van der Waals surface area contributed by atoms with Crippen LogP contribution in [0, 0.1) is 0 Å². The molecule has 4 unspecified atom stereocenters. The fraction of sp³-hybridized carbons (Fsp3) is 0.183. The molecule has 0 spiro atoms. The summed E-state index contributed by atoms with van der Waals surface area (Å²) in [7, 11) is 0. The van der Waals surface area contributed by atoms with Crippen molar-refractivity contribution in [2.24, 2.45) is 0 Å². The third-order valence-electron chi connectivity index (χ3n) is 18.4. The van der Waals surface area contributed by atoms with Crippen molar-refractivity contribution in [1.82, 2.24) is 9.97 Å². The van der Waals surface area contributed by atoms with Crippen molar-refractivity contribution < 1.29 is 0 Å². The molecule has 5 aliphatic rings. The smallest absolute Gasteiger partial charge is 0.231 e. The predicted molar refractivity (Wildman–Crippen MR) is 308 cm³/mol. The van der Waals surface area contributed by atoms with Gasteiger partial charge in [0, 0.05) is 45.4 Å². The molecule has 3 aliphatic carbocycles. The van der Waals surface area contributed by atoms with Crippen molar-refractivity contribution in [3.63, 3.8) is 0 Å². The second-order valence-corrected chi connectivity index (χ2v) is 23.4. The van der Waals surface area contributed by atoms with Crippen LogP contribution in [0.3, 0.4) is 0 Å². The van der Waals surface area contributed by atoms with Crippen LogP contribution in [0.2, 0.25) is 0 Å². The zero-order valence-electron chi connectivity index (χ0n) is 43.4. The van der Waals surface area contributed by atoms with E-state index < -0.39 is 0 Å². The lowest BCUT2D eigenvalue weighted by molar-refractivity contribution is 0.419. The number of rotatable bonds is 6. The van der Waals surface area contributed by atoms with Gasteiger partial charge in [0.1, 0.15) is 0 Å². The van der Waals surface area contributed by atoms with E-state index >= 15 is 0 Å². The highest BCUT2D eigenvalue weighted by Crippen LogP contribution is 2.67. The Morgan fingerprint density at radius 3 is 1.23 bits per heavy atom. The van der Waals surface area contributed by atoms with Gasteiger partial charge in [0.15, 0.2) is 0 Å². The number of benzene rings is 9. The molecule has 0 saturated carbocycles. The van der Waals surface area contributed by atoms with Gasteiger partial charge in [-0.3, -0.25) is 0 Å². The Hall–Kier alpha value is -8.34. The van der Waals surface area contributed by atoms with Crippen LogP contribution in [0.25, 0.3) is 55.9 Å². The number of hydrogen-bond donors (Lipinski definition) is 0. The Kier molecular flexibility index (Phi) is 9.33. The molecule has 0 fully saturated rings. The second kappa shape index (κ2) is 15.8. The summed E-state index contributed by atoms with van der Waals surface area (Å²) in [6.07, 6.45) is 0. The molecule has 15 rings (SSSR count). The maximum Gasteiger partial charge on any atom is 0.231 e. The molecular weight excluding hydrogens is 909 g/mol. The number of fused-ring (bicyclic) bond motifs is 13. The van der Waals surface area contributed by atoms with Crippen LogP contribution in [0.15, 0.2) is 218 Å². The molecule has 2 aliphatic heterocycles. The molecule has 0 amide bonds. The first-order valence-electron chi connectivity index (χ1n) is 26.9. The van der Waals surface area contributed by atoms with Gasteiger partial charge in [0.05, 0.1) is 23.5 Å². The number of anilines is 4. The first-order valence-corrected chi connectivity index (χ1v) is 26.9. The van der Waals surface area contributed by atoms with Crippen LogP contribution in [-0.2, 0) is 16.2 Å². The van der Waals surface area contributed by atoms with E-state index in [1.807, 2.05) is 0 Å². The molecule has 4 nitrogen and oxygen atoms in total. The predicted octanol–water partition coefficient (Wildman–Crippen LogP) is 18.0. The van der Waals surface area contributed by atoms with Gasteiger partial charge in [-0.15, -0.1) is 0 Å². The van der Waals surface area contributed by atoms with Crippen molar-refractivity contribution >= 4 is 23.0 Å². The summed E-state index contributed by atoms with van der Waals surface area (Å²) in [4.78, 5) is 16.0. The molecule has 0 radical (unpaired) electrons. The van der Waals surface area contributed by atoms with Crippen molar-refractivity contribution in [2.75, 3.05) is 9.80 Å². The van der Waals surface area contributed by atoms with Gasteiger partial charge in [0.2, 0.25) is 5.95 Å². The van der Waals surface area contributed by atoms with Crippen molar-refractivity contribution in [1.29, 1.82) is 0 Å². The molecule has 0 bridgehead atoms. The number of nitrogens with zero attached hydrogens (tertiary/aromatic N) is 4. The molecule has 0 saturated heterocycles. The van der Waals surface area contributed by atoms with Crippen molar-refractivity contribution in [3.05, 3.63) is 263 Å². The summed E-state index contributed by atoms with van der Waals surface area (Å²) in [5, 5.41) is 0. The normalized spacial score (nSPS) is 20.1. The maximum absolute atomic E-state index is 5.45. The Morgan fingerprint density at radius 2 is 0.733 bits per heavy atom. The van der Waals surface area contributed by atoms with Crippen LogP contribution in [-0.4, -0.2) is 9.97 Å². The quantitative estimate of drug-likeness (QED) is 0.166. The molecule has 1 aromatic heterocycles. The summed E-state index contributed by atoms with van der Waals surface area (Å²) in [6, 6.07) is 81.7. The van der Waals surface area contributed by atoms with E-state index in [1.165, 1.54) is 95.0 Å². The number of para-hydroxylation sites is 1. The fourth-order valence-corrected chi connectivity index (χ4v) is 14.9. The van der Waals surface area contributed by atoms with Gasteiger partial charge in [-0.25, -0.2) is 9.97 Å². The minimum absolute atomic E-state index is 0.0309. The lowest BCUT2D eigenvalue weighted by Gasteiger charge is -2.30.